The topological polar surface area (TPSA) is 52.6 Å². The van der Waals surface area contributed by atoms with Gasteiger partial charge in [0, 0.05) is 19.0 Å². The smallest absolute Gasteiger partial charge is 0.137 e. The maximum Gasteiger partial charge on any atom is 0.137 e. The van der Waals surface area contributed by atoms with Crippen LogP contribution < -0.4 is 5.11 Å². The predicted octanol–water partition coefficient (Wildman–Crippen LogP) is 4.81. The number of aryl methyl sites for hydroxylation is 2. The fourth-order valence-corrected chi connectivity index (χ4v) is 5.73. The first-order chi connectivity index (χ1) is 16.2. The van der Waals surface area contributed by atoms with Crippen LogP contribution in [0.4, 0.5) is 4.79 Å². The molecule has 2 aliphatic rings. The van der Waals surface area contributed by atoms with Crippen LogP contribution in [0.5, 0.6) is 0 Å². The van der Waals surface area contributed by atoms with E-state index in [4.69, 9.17) is 4.74 Å². The van der Waals surface area contributed by atoms with E-state index < -0.39 is 6.09 Å². The molecule has 4 aromatic rings. The summed E-state index contributed by atoms with van der Waals surface area (Å²) < 4.78 is 6.46. The Hall–Kier alpha value is -3.37. The first-order valence-electron chi connectivity index (χ1n) is 11.8. The molecule has 0 bridgehead atoms. The van der Waals surface area contributed by atoms with E-state index >= 15 is 0 Å². The quantitative estimate of drug-likeness (QED) is 0.461. The Balaban J connectivity index is 1.32. The van der Waals surface area contributed by atoms with Gasteiger partial charge >= 0.3 is 0 Å². The number of amides is 1. The second-order valence-electron chi connectivity index (χ2n) is 9.29. The summed E-state index contributed by atoms with van der Waals surface area (Å²) in [7, 11) is 0. The molecule has 0 saturated carbocycles. The van der Waals surface area contributed by atoms with E-state index in [2.05, 4.69) is 60.7 Å². The van der Waals surface area contributed by atoms with E-state index in [1.807, 2.05) is 12.1 Å². The molecule has 6 rings (SSSR count). The maximum absolute atomic E-state index is 11.6. The number of carbonyl (C=O) groups is 1. The zero-order valence-corrected chi connectivity index (χ0v) is 18.5. The lowest BCUT2D eigenvalue weighted by Crippen LogP contribution is -2.51. The van der Waals surface area contributed by atoms with Crippen LogP contribution in [0.3, 0.4) is 0 Å². The molecule has 1 fully saturated rings. The molecule has 33 heavy (non-hydrogen) atoms. The van der Waals surface area contributed by atoms with Gasteiger partial charge in [-0.15, -0.1) is 0 Å². The Labute approximate surface area is 193 Å². The summed E-state index contributed by atoms with van der Waals surface area (Å²) in [6, 6.07) is 25.8. The van der Waals surface area contributed by atoms with Gasteiger partial charge in [0.1, 0.15) is 6.09 Å². The van der Waals surface area contributed by atoms with Crippen LogP contribution in [-0.2, 0) is 24.2 Å². The highest BCUT2D eigenvalue weighted by Crippen LogP contribution is 2.39. The molecule has 1 saturated heterocycles. The van der Waals surface area contributed by atoms with Crippen LogP contribution in [0.15, 0.2) is 72.8 Å². The van der Waals surface area contributed by atoms with E-state index in [1.165, 1.54) is 43.1 Å². The Morgan fingerprint density at radius 2 is 1.76 bits per heavy atom. The predicted molar refractivity (Wildman–Crippen MR) is 128 cm³/mol. The van der Waals surface area contributed by atoms with Crippen molar-refractivity contribution in [2.45, 2.75) is 37.9 Å². The summed E-state index contributed by atoms with van der Waals surface area (Å²) in [5.41, 5.74) is 5.22. The molecule has 1 amide bonds. The molecule has 1 heterocycles. The molecule has 4 nitrogen and oxygen atoms in total. The van der Waals surface area contributed by atoms with Crippen LogP contribution in [-0.4, -0.2) is 30.2 Å². The van der Waals surface area contributed by atoms with E-state index in [1.54, 1.807) is 0 Å². The number of rotatable bonds is 4. The minimum Gasteiger partial charge on any atom is -0.530 e. The minimum absolute atomic E-state index is 0.144. The molecular formula is C29H26NO3-. The molecule has 166 valence electrons. The van der Waals surface area contributed by atoms with E-state index in [9.17, 15) is 9.90 Å². The van der Waals surface area contributed by atoms with Gasteiger partial charge in [0.15, 0.2) is 0 Å². The Kier molecular flexibility index (Phi) is 5.03. The summed E-state index contributed by atoms with van der Waals surface area (Å²) >= 11 is 0. The highest BCUT2D eigenvalue weighted by atomic mass is 16.5. The fourth-order valence-electron chi connectivity index (χ4n) is 5.73. The number of likely N-dealkylation sites (tertiary alicyclic amines) is 1. The van der Waals surface area contributed by atoms with E-state index in [0.717, 1.165) is 24.8 Å². The zero-order chi connectivity index (χ0) is 22.4. The molecule has 0 spiro atoms. The molecule has 0 N–H and O–H groups in total. The van der Waals surface area contributed by atoms with Crippen molar-refractivity contribution in [2.24, 2.45) is 0 Å². The number of carbonyl (C=O) groups excluding carboxylic acids is 1. The molecule has 1 aliphatic carbocycles. The molecule has 4 aromatic carbocycles. The number of hydrogen-bond donors (Lipinski definition) is 0. The van der Waals surface area contributed by atoms with Gasteiger partial charge in [0.05, 0.1) is 12.7 Å². The molecular weight excluding hydrogens is 410 g/mol. The van der Waals surface area contributed by atoms with Gasteiger partial charge in [-0.25, -0.2) is 0 Å². The molecule has 4 heteroatoms. The van der Waals surface area contributed by atoms with Crippen molar-refractivity contribution in [1.82, 2.24) is 4.90 Å². The average Bonchev–Trinajstić information content (AvgIpc) is 3.27. The number of carboxylic acid groups (broad SMARTS) is 1. The minimum atomic E-state index is -1.12. The molecule has 2 atom stereocenters. The highest BCUT2D eigenvalue weighted by molar-refractivity contribution is 5.93. The van der Waals surface area contributed by atoms with Crippen molar-refractivity contribution in [2.75, 3.05) is 13.1 Å². The molecule has 1 aliphatic heterocycles. The molecule has 0 aromatic heterocycles. The SMILES string of the molecule is O=C([O-])N1CCC(c2ccc3c4c(cccc24)CC3)C(OCc2ccc3ccccc3c2)C1. The van der Waals surface area contributed by atoms with Gasteiger partial charge in [0.25, 0.3) is 0 Å². The Bertz CT molecular complexity index is 1350. The largest absolute Gasteiger partial charge is 0.530 e. The average molecular weight is 437 g/mol. The lowest BCUT2D eigenvalue weighted by Gasteiger charge is -2.40. The van der Waals surface area contributed by atoms with Crippen molar-refractivity contribution in [3.8, 4) is 0 Å². The summed E-state index contributed by atoms with van der Waals surface area (Å²) in [5.74, 6) is 0.144. The van der Waals surface area contributed by atoms with Gasteiger partial charge in [-0.05, 0) is 69.1 Å². The zero-order valence-electron chi connectivity index (χ0n) is 18.5. The summed E-state index contributed by atoms with van der Waals surface area (Å²) in [5, 5.41) is 16.7. The number of ether oxygens (including phenoxy) is 1. The summed E-state index contributed by atoms with van der Waals surface area (Å²) in [6.45, 7) is 1.27. The van der Waals surface area contributed by atoms with E-state index in [0.29, 0.717) is 19.7 Å². The van der Waals surface area contributed by atoms with Crippen molar-refractivity contribution < 1.29 is 14.6 Å². The highest BCUT2D eigenvalue weighted by Gasteiger charge is 2.33. The van der Waals surface area contributed by atoms with Gasteiger partial charge in [-0.1, -0.05) is 66.7 Å². The lowest BCUT2D eigenvalue weighted by molar-refractivity contribution is -0.268. The van der Waals surface area contributed by atoms with Gasteiger partial charge in [-0.2, -0.15) is 0 Å². The first kappa shape index (κ1) is 20.3. The van der Waals surface area contributed by atoms with Crippen LogP contribution in [0.2, 0.25) is 0 Å². The maximum atomic E-state index is 11.6. The van der Waals surface area contributed by atoms with Crippen molar-refractivity contribution >= 4 is 27.6 Å². The van der Waals surface area contributed by atoms with E-state index in [-0.39, 0.29) is 12.0 Å². The number of piperidine rings is 1. The van der Waals surface area contributed by atoms with Crippen LogP contribution in [0.25, 0.3) is 21.5 Å². The van der Waals surface area contributed by atoms with Crippen molar-refractivity contribution in [3.05, 3.63) is 95.1 Å². The second kappa shape index (κ2) is 8.20. The normalized spacial score (nSPS) is 19.9. The number of hydrogen-bond acceptors (Lipinski definition) is 3. The Morgan fingerprint density at radius 1 is 0.939 bits per heavy atom. The molecule has 0 radical (unpaired) electrons. The van der Waals surface area contributed by atoms with Crippen LogP contribution in [0, 0.1) is 0 Å². The third-order valence-corrected chi connectivity index (χ3v) is 7.41. The lowest BCUT2D eigenvalue weighted by atomic mass is 9.83. The van der Waals surface area contributed by atoms with Gasteiger partial charge in [0.2, 0.25) is 0 Å². The van der Waals surface area contributed by atoms with Gasteiger partial charge < -0.3 is 19.5 Å². The summed E-state index contributed by atoms with van der Waals surface area (Å²) in [6.07, 6.45) is 1.59. The van der Waals surface area contributed by atoms with Crippen molar-refractivity contribution in [3.63, 3.8) is 0 Å². The monoisotopic (exact) mass is 436 g/mol. The van der Waals surface area contributed by atoms with Crippen LogP contribution in [0.1, 0.15) is 34.6 Å². The van der Waals surface area contributed by atoms with Crippen molar-refractivity contribution in [1.29, 1.82) is 0 Å². The van der Waals surface area contributed by atoms with Gasteiger partial charge in [-0.3, -0.25) is 0 Å². The third kappa shape index (κ3) is 3.65. The Morgan fingerprint density at radius 3 is 2.61 bits per heavy atom. The summed E-state index contributed by atoms with van der Waals surface area (Å²) in [4.78, 5) is 13.0. The number of fused-ring (bicyclic) bond motifs is 1. The number of benzene rings is 4. The standard InChI is InChI=1S/C29H27NO3/c31-29(32)30-15-14-25(24-13-12-22-11-10-21-6-3-7-26(24)28(21)22)27(17-30)33-18-19-8-9-20-4-1-2-5-23(20)16-19/h1-9,12-13,16,25,27H,10-11,14-15,17-18H2,(H,31,32)/p-1. The fraction of sp³-hybridized carbons (Fsp3) is 0.276. The number of nitrogens with zero attached hydrogens (tertiary/aromatic N) is 1. The molecule has 2 unspecified atom stereocenters. The second-order valence-corrected chi connectivity index (χ2v) is 9.29. The first-order valence-corrected chi connectivity index (χ1v) is 11.8. The van der Waals surface area contributed by atoms with Crippen LogP contribution >= 0.6 is 0 Å². The third-order valence-electron chi connectivity index (χ3n) is 7.41.